The quantitative estimate of drug-likeness (QED) is 0.811. The highest BCUT2D eigenvalue weighted by molar-refractivity contribution is 7.89. The van der Waals surface area contributed by atoms with E-state index in [1.807, 2.05) is 0 Å². The van der Waals surface area contributed by atoms with Gasteiger partial charge in [-0.1, -0.05) is 0 Å². The zero-order chi connectivity index (χ0) is 17.9. The minimum atomic E-state index is -3.68. The lowest BCUT2D eigenvalue weighted by Crippen LogP contribution is -2.37. The highest BCUT2D eigenvalue weighted by atomic mass is 32.2. The molecule has 3 rings (SSSR count). The van der Waals surface area contributed by atoms with Gasteiger partial charge in [0.15, 0.2) is 5.76 Å². The Balaban J connectivity index is 1.59. The van der Waals surface area contributed by atoms with E-state index in [2.05, 4.69) is 9.62 Å². The van der Waals surface area contributed by atoms with Crippen molar-refractivity contribution in [3.05, 3.63) is 17.9 Å². The van der Waals surface area contributed by atoms with Crippen LogP contribution >= 0.6 is 0 Å². The van der Waals surface area contributed by atoms with Crippen molar-refractivity contribution in [1.82, 2.24) is 14.5 Å². The van der Waals surface area contributed by atoms with Gasteiger partial charge in [-0.05, 0) is 45.0 Å². The average molecular weight is 371 g/mol. The smallest absolute Gasteiger partial charge is 0.289 e. The molecule has 0 saturated carbocycles. The van der Waals surface area contributed by atoms with Gasteiger partial charge in [0.25, 0.3) is 15.9 Å². The van der Waals surface area contributed by atoms with Crippen LogP contribution in [0.25, 0.3) is 0 Å². The van der Waals surface area contributed by atoms with E-state index >= 15 is 0 Å². The standard InChI is InChI=1S/C16H25N3O5S/c1-17-25(21,22)15-6-5-14(24-15)16(20)19-8-3-7-18(9-10-19)12-13-4-2-11-23-13/h5-6,13,17H,2-4,7-12H2,1H3. The molecule has 1 N–H and O–H groups in total. The van der Waals surface area contributed by atoms with Gasteiger partial charge in [-0.3, -0.25) is 9.69 Å². The normalized spacial score (nSPS) is 22.9. The molecule has 0 aromatic carbocycles. The molecule has 2 fully saturated rings. The van der Waals surface area contributed by atoms with Crippen molar-refractivity contribution in [2.75, 3.05) is 46.4 Å². The SMILES string of the molecule is CNS(=O)(=O)c1ccc(C(=O)N2CCCN(CC3CCCO3)CC2)o1. The van der Waals surface area contributed by atoms with Crippen molar-refractivity contribution in [3.8, 4) is 0 Å². The third-order valence-electron chi connectivity index (χ3n) is 4.69. The molecule has 1 aromatic heterocycles. The monoisotopic (exact) mass is 371 g/mol. The summed E-state index contributed by atoms with van der Waals surface area (Å²) in [4.78, 5) is 16.7. The van der Waals surface area contributed by atoms with Crippen LogP contribution in [0.4, 0.5) is 0 Å². The van der Waals surface area contributed by atoms with E-state index in [0.717, 1.165) is 45.5 Å². The predicted molar refractivity (Wildman–Crippen MR) is 90.9 cm³/mol. The van der Waals surface area contributed by atoms with Crippen molar-refractivity contribution >= 4 is 15.9 Å². The van der Waals surface area contributed by atoms with Crippen LogP contribution in [0.15, 0.2) is 21.6 Å². The number of carbonyl (C=O) groups excluding carboxylic acids is 1. The summed E-state index contributed by atoms with van der Waals surface area (Å²) in [7, 11) is -2.38. The maximum Gasteiger partial charge on any atom is 0.289 e. The van der Waals surface area contributed by atoms with E-state index < -0.39 is 10.0 Å². The molecule has 1 aromatic rings. The van der Waals surface area contributed by atoms with E-state index in [4.69, 9.17) is 9.15 Å². The lowest BCUT2D eigenvalue weighted by atomic mass is 10.2. The summed E-state index contributed by atoms with van der Waals surface area (Å²) in [5.74, 6) is -0.210. The van der Waals surface area contributed by atoms with Gasteiger partial charge in [0, 0.05) is 32.8 Å². The van der Waals surface area contributed by atoms with Gasteiger partial charge in [0.1, 0.15) is 0 Å². The molecule has 1 atom stereocenters. The van der Waals surface area contributed by atoms with E-state index in [-0.39, 0.29) is 16.8 Å². The minimum absolute atomic E-state index is 0.0569. The number of hydrogen-bond donors (Lipinski definition) is 1. The second-order valence-electron chi connectivity index (χ2n) is 6.41. The molecule has 0 spiro atoms. The average Bonchev–Trinajstić information content (AvgIpc) is 3.24. The van der Waals surface area contributed by atoms with Gasteiger partial charge >= 0.3 is 0 Å². The Morgan fingerprint density at radius 2 is 2.08 bits per heavy atom. The first-order chi connectivity index (χ1) is 12.0. The number of ether oxygens (including phenoxy) is 1. The van der Waals surface area contributed by atoms with Crippen molar-refractivity contribution < 1.29 is 22.4 Å². The van der Waals surface area contributed by atoms with Crippen molar-refractivity contribution in [2.45, 2.75) is 30.5 Å². The second-order valence-corrected chi connectivity index (χ2v) is 8.23. The Hall–Kier alpha value is -1.42. The van der Waals surface area contributed by atoms with Crippen LogP contribution < -0.4 is 4.72 Å². The first kappa shape index (κ1) is 18.4. The summed E-state index contributed by atoms with van der Waals surface area (Å²) in [5, 5.41) is -0.242. The fraction of sp³-hybridized carbons (Fsp3) is 0.688. The Morgan fingerprint density at radius 3 is 2.80 bits per heavy atom. The van der Waals surface area contributed by atoms with Crippen LogP contribution in [0.2, 0.25) is 0 Å². The van der Waals surface area contributed by atoms with Crippen LogP contribution in [-0.4, -0.2) is 76.6 Å². The molecule has 0 aliphatic carbocycles. The number of nitrogens with one attached hydrogen (secondary N) is 1. The third kappa shape index (κ3) is 4.41. The van der Waals surface area contributed by atoms with Crippen molar-refractivity contribution in [1.29, 1.82) is 0 Å². The summed E-state index contributed by atoms with van der Waals surface area (Å²) in [6, 6.07) is 2.72. The number of nitrogens with zero attached hydrogens (tertiary/aromatic N) is 2. The van der Waals surface area contributed by atoms with Gasteiger partial charge in [0.2, 0.25) is 5.09 Å². The molecule has 2 aliphatic heterocycles. The van der Waals surface area contributed by atoms with E-state index in [0.29, 0.717) is 19.2 Å². The number of rotatable bonds is 5. The molecule has 140 valence electrons. The zero-order valence-electron chi connectivity index (χ0n) is 14.4. The summed E-state index contributed by atoms with van der Waals surface area (Å²) in [6.45, 7) is 4.71. The fourth-order valence-corrected chi connectivity index (χ4v) is 3.92. The molecule has 2 aliphatic rings. The topological polar surface area (TPSA) is 92.1 Å². The lowest BCUT2D eigenvalue weighted by Gasteiger charge is -2.23. The number of hydrogen-bond acceptors (Lipinski definition) is 6. The molecule has 1 amide bonds. The Bertz CT molecular complexity index is 696. The van der Waals surface area contributed by atoms with Gasteiger partial charge in [-0.25, -0.2) is 13.1 Å². The largest absolute Gasteiger partial charge is 0.438 e. The third-order valence-corrected chi connectivity index (χ3v) is 5.97. The van der Waals surface area contributed by atoms with Crippen molar-refractivity contribution in [3.63, 3.8) is 0 Å². The Labute approximate surface area is 148 Å². The van der Waals surface area contributed by atoms with Crippen LogP contribution in [0, 0.1) is 0 Å². The molecule has 3 heterocycles. The predicted octanol–water partition coefficient (Wildman–Crippen LogP) is 0.515. The maximum absolute atomic E-state index is 12.6. The molecule has 8 nitrogen and oxygen atoms in total. The van der Waals surface area contributed by atoms with E-state index in [1.54, 1.807) is 4.90 Å². The zero-order valence-corrected chi connectivity index (χ0v) is 15.3. The first-order valence-electron chi connectivity index (χ1n) is 8.66. The number of sulfonamides is 1. The van der Waals surface area contributed by atoms with Crippen LogP contribution in [-0.2, 0) is 14.8 Å². The van der Waals surface area contributed by atoms with E-state index in [9.17, 15) is 13.2 Å². The van der Waals surface area contributed by atoms with Gasteiger partial charge in [0.05, 0.1) is 6.10 Å². The number of carbonyl (C=O) groups is 1. The minimum Gasteiger partial charge on any atom is -0.438 e. The van der Waals surface area contributed by atoms with Gasteiger partial charge < -0.3 is 14.1 Å². The van der Waals surface area contributed by atoms with Gasteiger partial charge in [-0.2, -0.15) is 0 Å². The number of furan rings is 1. The van der Waals surface area contributed by atoms with Crippen LogP contribution in [0.1, 0.15) is 29.8 Å². The highest BCUT2D eigenvalue weighted by Crippen LogP contribution is 2.18. The fourth-order valence-electron chi connectivity index (χ4n) is 3.27. The molecule has 0 bridgehead atoms. The lowest BCUT2D eigenvalue weighted by molar-refractivity contribution is 0.0684. The molecule has 1 unspecified atom stereocenters. The Kier molecular flexibility index (Phi) is 5.78. The summed E-state index contributed by atoms with van der Waals surface area (Å²) >= 11 is 0. The van der Waals surface area contributed by atoms with Crippen LogP contribution in [0.5, 0.6) is 0 Å². The molecule has 9 heteroatoms. The molecule has 2 saturated heterocycles. The maximum atomic E-state index is 12.6. The summed E-state index contributed by atoms with van der Waals surface area (Å²) in [6.07, 6.45) is 3.41. The van der Waals surface area contributed by atoms with Crippen molar-refractivity contribution in [2.24, 2.45) is 0 Å². The Morgan fingerprint density at radius 1 is 1.24 bits per heavy atom. The number of amides is 1. The van der Waals surface area contributed by atoms with E-state index in [1.165, 1.54) is 19.2 Å². The summed E-state index contributed by atoms with van der Waals surface area (Å²) in [5.41, 5.74) is 0. The molecule has 0 radical (unpaired) electrons. The van der Waals surface area contributed by atoms with Crippen LogP contribution in [0.3, 0.4) is 0 Å². The molecule has 25 heavy (non-hydrogen) atoms. The molecular formula is C16H25N3O5S. The summed E-state index contributed by atoms with van der Waals surface area (Å²) < 4.78 is 36.6. The second kappa shape index (κ2) is 7.86. The first-order valence-corrected chi connectivity index (χ1v) is 10.1. The van der Waals surface area contributed by atoms with Gasteiger partial charge in [-0.15, -0.1) is 0 Å². The highest BCUT2D eigenvalue weighted by Gasteiger charge is 2.26. The molecular weight excluding hydrogens is 346 g/mol.